The van der Waals surface area contributed by atoms with Crippen LogP contribution in [-0.4, -0.2) is 32.3 Å². The second-order valence-corrected chi connectivity index (χ2v) is 7.75. The monoisotopic (exact) mass is 399 g/mol. The highest BCUT2D eigenvalue weighted by molar-refractivity contribution is 5.87. The molecule has 3 aromatic rings. The third-order valence-corrected chi connectivity index (χ3v) is 5.63. The highest BCUT2D eigenvalue weighted by Gasteiger charge is 2.35. The number of hydrogen-bond acceptors (Lipinski definition) is 4. The molecule has 0 amide bonds. The van der Waals surface area contributed by atoms with Crippen molar-refractivity contribution in [2.24, 2.45) is 5.92 Å². The van der Waals surface area contributed by atoms with Crippen LogP contribution in [-0.2, 0) is 6.54 Å². The van der Waals surface area contributed by atoms with Crippen molar-refractivity contribution >= 4 is 11.0 Å². The molecule has 0 unspecified atom stereocenters. The summed E-state index contributed by atoms with van der Waals surface area (Å²) >= 11 is 0. The van der Waals surface area contributed by atoms with E-state index in [9.17, 15) is 8.78 Å². The second-order valence-electron chi connectivity index (χ2n) is 7.75. The number of aryl methyl sites for hydroxylation is 2. The second kappa shape index (κ2) is 7.60. The largest absolute Gasteiger partial charge is 0.384 e. The molecule has 0 radical (unpaired) electrons. The number of aliphatic hydroxyl groups is 1. The smallest absolute Gasteiger partial charge is 0.248 e. The lowest BCUT2D eigenvalue weighted by Gasteiger charge is -2.28. The molecule has 0 saturated heterocycles. The van der Waals surface area contributed by atoms with Crippen LogP contribution in [0.4, 0.5) is 8.78 Å². The fraction of sp³-hybridized carbons (Fsp3) is 0.455. The van der Waals surface area contributed by atoms with Crippen LogP contribution < -0.4 is 0 Å². The maximum absolute atomic E-state index is 13.5. The van der Waals surface area contributed by atoms with Crippen LogP contribution in [0.3, 0.4) is 0 Å². The maximum Gasteiger partial charge on any atom is 0.248 e. The lowest BCUT2D eigenvalue weighted by Crippen LogP contribution is -2.26. The minimum atomic E-state index is -2.54. The van der Waals surface area contributed by atoms with Gasteiger partial charge in [-0.25, -0.2) is 8.78 Å². The Morgan fingerprint density at radius 1 is 1.31 bits per heavy atom. The minimum absolute atomic E-state index is 0.0589. The molecule has 4 rings (SSSR count). The Hall–Kier alpha value is -2.72. The molecule has 5 nitrogen and oxygen atoms in total. The Morgan fingerprint density at radius 2 is 2.07 bits per heavy atom. The van der Waals surface area contributed by atoms with Crippen molar-refractivity contribution in [1.29, 1.82) is 0 Å². The molecule has 0 aromatic carbocycles. The van der Waals surface area contributed by atoms with E-state index in [0.29, 0.717) is 19.4 Å². The van der Waals surface area contributed by atoms with Crippen LogP contribution in [0.1, 0.15) is 42.7 Å². The summed E-state index contributed by atoms with van der Waals surface area (Å²) in [6.45, 7) is 4.15. The predicted octanol–water partition coefficient (Wildman–Crippen LogP) is 4.48. The summed E-state index contributed by atoms with van der Waals surface area (Å²) in [6.07, 6.45) is 4.56. The molecule has 0 bridgehead atoms. The summed E-state index contributed by atoms with van der Waals surface area (Å²) in [6, 6.07) is 2.02. The minimum Gasteiger partial charge on any atom is -0.384 e. The summed E-state index contributed by atoms with van der Waals surface area (Å²) < 4.78 is 34.4. The number of nitrogens with zero attached hydrogens (tertiary/aromatic N) is 3. The van der Waals surface area contributed by atoms with E-state index in [1.807, 2.05) is 26.1 Å². The van der Waals surface area contributed by atoms with Crippen molar-refractivity contribution < 1.29 is 18.4 Å². The lowest BCUT2D eigenvalue weighted by molar-refractivity contribution is -0.0472. The van der Waals surface area contributed by atoms with Crippen molar-refractivity contribution in [3.05, 3.63) is 35.5 Å². The van der Waals surface area contributed by atoms with Crippen LogP contribution in [0.25, 0.3) is 22.2 Å². The number of rotatable bonds is 3. The van der Waals surface area contributed by atoms with Crippen LogP contribution in [0.2, 0.25) is 0 Å². The van der Waals surface area contributed by atoms with Gasteiger partial charge in [-0.2, -0.15) is 0 Å². The molecule has 29 heavy (non-hydrogen) atoms. The Labute approximate surface area is 167 Å². The molecule has 0 spiro atoms. The van der Waals surface area contributed by atoms with Gasteiger partial charge < -0.3 is 14.2 Å². The molecule has 7 heteroatoms. The third kappa shape index (κ3) is 3.90. The van der Waals surface area contributed by atoms with E-state index in [1.54, 1.807) is 6.20 Å². The molecule has 3 heterocycles. The summed E-state index contributed by atoms with van der Waals surface area (Å²) in [7, 11) is 0. The number of aromatic nitrogens is 3. The first-order valence-corrected chi connectivity index (χ1v) is 9.77. The number of halogens is 2. The van der Waals surface area contributed by atoms with Crippen molar-refractivity contribution in [1.82, 2.24) is 14.7 Å². The van der Waals surface area contributed by atoms with Gasteiger partial charge in [-0.15, -0.1) is 0 Å². The zero-order chi connectivity index (χ0) is 20.6. The van der Waals surface area contributed by atoms with Gasteiger partial charge in [0.25, 0.3) is 0 Å². The topological polar surface area (TPSA) is 64.1 Å². The average molecular weight is 399 g/mol. The van der Waals surface area contributed by atoms with Gasteiger partial charge in [0.15, 0.2) is 0 Å². The molecule has 0 aliphatic heterocycles. The number of hydrogen-bond donors (Lipinski definition) is 1. The van der Waals surface area contributed by atoms with Crippen LogP contribution >= 0.6 is 0 Å². The first kappa shape index (κ1) is 19.6. The van der Waals surface area contributed by atoms with Crippen molar-refractivity contribution in [2.45, 2.75) is 52.0 Å². The maximum atomic E-state index is 13.5. The first-order valence-electron chi connectivity index (χ1n) is 9.77. The normalized spacial score (nSPS) is 16.7. The summed E-state index contributed by atoms with van der Waals surface area (Å²) in [5.41, 5.74) is 4.94. The Bertz CT molecular complexity index is 1080. The highest BCUT2D eigenvalue weighted by Crippen LogP contribution is 2.37. The van der Waals surface area contributed by atoms with Gasteiger partial charge in [0.1, 0.15) is 17.9 Å². The molecule has 152 valence electrons. The fourth-order valence-corrected chi connectivity index (χ4v) is 4.14. The molecular weight excluding hydrogens is 376 g/mol. The summed E-state index contributed by atoms with van der Waals surface area (Å²) in [5.74, 6) is 3.99. The van der Waals surface area contributed by atoms with Crippen molar-refractivity contribution in [3.8, 4) is 23.0 Å². The number of aliphatic hydroxyl groups excluding tert-OH is 1. The number of fused-ring (bicyclic) bond motifs is 1. The molecule has 1 aliphatic carbocycles. The molecule has 1 saturated carbocycles. The van der Waals surface area contributed by atoms with Gasteiger partial charge in [-0.3, -0.25) is 4.98 Å². The van der Waals surface area contributed by atoms with Crippen LogP contribution in [0.5, 0.6) is 0 Å². The zero-order valence-corrected chi connectivity index (χ0v) is 16.5. The van der Waals surface area contributed by atoms with E-state index in [2.05, 4.69) is 26.5 Å². The van der Waals surface area contributed by atoms with Gasteiger partial charge in [0, 0.05) is 42.9 Å². The van der Waals surface area contributed by atoms with Gasteiger partial charge in [0.05, 0.1) is 16.8 Å². The average Bonchev–Trinajstić information content (AvgIpc) is 3.21. The van der Waals surface area contributed by atoms with E-state index < -0.39 is 5.92 Å². The van der Waals surface area contributed by atoms with E-state index >= 15 is 0 Å². The van der Waals surface area contributed by atoms with E-state index in [1.165, 1.54) is 0 Å². The quantitative estimate of drug-likeness (QED) is 0.660. The summed E-state index contributed by atoms with van der Waals surface area (Å²) in [4.78, 5) is 4.61. The molecular formula is C22H23F2N3O2. The Balaban J connectivity index is 1.74. The lowest BCUT2D eigenvalue weighted by atomic mass is 9.87. The standard InChI is InChI=1S/C22H23F2N3O2/c1-14-20(15(2)29-26-14)18-10-19-21(25-11-18)17(4-3-9-28)13-27(19)12-16-5-7-22(23,24)8-6-16/h10-11,13,16,28H,5-9,12H2,1-2H3. The molecule has 1 fully saturated rings. The van der Waals surface area contributed by atoms with Crippen molar-refractivity contribution in [3.63, 3.8) is 0 Å². The number of pyridine rings is 1. The van der Waals surface area contributed by atoms with Gasteiger partial charge in [0.2, 0.25) is 5.92 Å². The van der Waals surface area contributed by atoms with Gasteiger partial charge in [-0.05, 0) is 38.7 Å². The van der Waals surface area contributed by atoms with E-state index in [0.717, 1.165) is 39.2 Å². The fourth-order valence-electron chi connectivity index (χ4n) is 4.14. The molecule has 1 N–H and O–H groups in total. The van der Waals surface area contributed by atoms with Crippen LogP contribution in [0.15, 0.2) is 23.0 Å². The van der Waals surface area contributed by atoms with E-state index in [4.69, 9.17) is 9.63 Å². The highest BCUT2D eigenvalue weighted by atomic mass is 19.3. The first-order chi connectivity index (χ1) is 13.9. The summed E-state index contributed by atoms with van der Waals surface area (Å²) in [5, 5.41) is 13.1. The predicted molar refractivity (Wildman–Crippen MR) is 106 cm³/mol. The Morgan fingerprint density at radius 3 is 2.72 bits per heavy atom. The van der Waals surface area contributed by atoms with Crippen LogP contribution in [0, 0.1) is 31.6 Å². The van der Waals surface area contributed by atoms with Crippen molar-refractivity contribution in [2.75, 3.05) is 6.61 Å². The number of alkyl halides is 2. The molecule has 0 atom stereocenters. The van der Waals surface area contributed by atoms with E-state index in [-0.39, 0.29) is 25.4 Å². The zero-order valence-electron chi connectivity index (χ0n) is 16.5. The molecule has 1 aliphatic rings. The Kier molecular flexibility index (Phi) is 5.13. The third-order valence-electron chi connectivity index (χ3n) is 5.63. The van der Waals surface area contributed by atoms with Gasteiger partial charge in [-0.1, -0.05) is 17.0 Å². The SMILES string of the molecule is Cc1noc(C)c1-c1cnc2c(C#CCO)cn(CC3CCC(F)(F)CC3)c2c1. The molecule has 3 aromatic heterocycles. The van der Waals surface area contributed by atoms with Gasteiger partial charge >= 0.3 is 0 Å².